The molecule has 2 heterocycles. The first-order valence-electron chi connectivity index (χ1n) is 7.91. The van der Waals surface area contributed by atoms with Crippen molar-refractivity contribution in [1.29, 1.82) is 0 Å². The molecule has 0 unspecified atom stereocenters. The molecule has 1 aromatic carbocycles. The van der Waals surface area contributed by atoms with Crippen molar-refractivity contribution in [3.63, 3.8) is 0 Å². The number of methoxy groups -OCH3 is 1. The van der Waals surface area contributed by atoms with Crippen LogP contribution in [0.5, 0.6) is 5.75 Å². The maximum absolute atomic E-state index is 11.9. The van der Waals surface area contributed by atoms with Crippen LogP contribution in [0.25, 0.3) is 10.2 Å². The van der Waals surface area contributed by atoms with Gasteiger partial charge in [0.1, 0.15) is 10.4 Å². The Morgan fingerprint density at radius 2 is 2.20 bits per heavy atom. The molecule has 0 spiro atoms. The van der Waals surface area contributed by atoms with Gasteiger partial charge in [-0.3, -0.25) is 9.78 Å². The molecule has 0 radical (unpaired) electrons. The zero-order valence-corrected chi connectivity index (χ0v) is 16.2. The van der Waals surface area contributed by atoms with Crippen LogP contribution in [0.15, 0.2) is 38.9 Å². The lowest BCUT2D eigenvalue weighted by molar-refractivity contribution is 0.413. The molecule has 2 aromatic heterocycles. The number of ether oxygens (including phenoxy) is 1. The molecule has 3 rings (SSSR count). The summed E-state index contributed by atoms with van der Waals surface area (Å²) < 4.78 is 6.93. The maximum atomic E-state index is 11.9. The average Bonchev–Trinajstić information content (AvgIpc) is 3.06. The first-order valence-corrected chi connectivity index (χ1v) is 9.58. The van der Waals surface area contributed by atoms with Gasteiger partial charge in [0.05, 0.1) is 12.6 Å². The predicted molar refractivity (Wildman–Crippen MR) is 106 cm³/mol. The van der Waals surface area contributed by atoms with E-state index < -0.39 is 0 Å². The minimum atomic E-state index is -0.0933. The number of thiophene rings is 1. The monoisotopic (exact) mass is 422 g/mol. The number of nitrogens with zero attached hydrogens (tertiary/aromatic N) is 1. The summed E-state index contributed by atoms with van der Waals surface area (Å²) in [5.74, 6) is 1.36. The van der Waals surface area contributed by atoms with E-state index in [0.29, 0.717) is 10.6 Å². The number of halogens is 1. The fourth-order valence-corrected chi connectivity index (χ4v) is 3.70. The summed E-state index contributed by atoms with van der Waals surface area (Å²) in [6, 6.07) is 7.87. The lowest BCUT2D eigenvalue weighted by Gasteiger charge is -2.09. The Morgan fingerprint density at radius 1 is 1.32 bits per heavy atom. The van der Waals surface area contributed by atoms with Gasteiger partial charge in [-0.05, 0) is 48.2 Å². The van der Waals surface area contributed by atoms with Crippen LogP contribution in [-0.4, -0.2) is 30.2 Å². The number of hydrogen-bond donors (Lipinski definition) is 3. The summed E-state index contributed by atoms with van der Waals surface area (Å²) in [4.78, 5) is 19.0. The van der Waals surface area contributed by atoms with Crippen molar-refractivity contribution in [2.75, 3.05) is 25.5 Å². The molecule has 0 bridgehead atoms. The number of H-pyrrole nitrogens is 1. The van der Waals surface area contributed by atoms with E-state index >= 15 is 0 Å². The largest absolute Gasteiger partial charge is 0.497 e. The van der Waals surface area contributed by atoms with Gasteiger partial charge in [0, 0.05) is 17.6 Å². The highest BCUT2D eigenvalue weighted by atomic mass is 79.9. The van der Waals surface area contributed by atoms with Crippen LogP contribution in [0.2, 0.25) is 0 Å². The average molecular weight is 423 g/mol. The van der Waals surface area contributed by atoms with Crippen LogP contribution in [-0.2, 0) is 6.54 Å². The Bertz CT molecular complexity index is 909. The van der Waals surface area contributed by atoms with Crippen LogP contribution >= 0.6 is 27.3 Å². The molecule has 0 amide bonds. The third kappa shape index (κ3) is 4.81. The van der Waals surface area contributed by atoms with Gasteiger partial charge in [-0.25, -0.2) is 4.98 Å². The Balaban J connectivity index is 1.42. The zero-order chi connectivity index (χ0) is 17.6. The van der Waals surface area contributed by atoms with Gasteiger partial charge in [-0.1, -0.05) is 15.9 Å². The molecule has 25 heavy (non-hydrogen) atoms. The topological polar surface area (TPSA) is 79.0 Å². The molecule has 0 aliphatic carbocycles. The number of rotatable bonds is 8. The number of benzene rings is 1. The Kier molecular flexibility index (Phi) is 6.06. The fraction of sp³-hybridized carbons (Fsp3) is 0.294. The number of nitrogens with one attached hydrogen (secondary N) is 3. The lowest BCUT2D eigenvalue weighted by Crippen LogP contribution is -2.19. The van der Waals surface area contributed by atoms with Crippen molar-refractivity contribution in [3.05, 3.63) is 50.0 Å². The molecular weight excluding hydrogens is 404 g/mol. The zero-order valence-electron chi connectivity index (χ0n) is 13.8. The number of hydrogen-bond acceptors (Lipinski definition) is 6. The minimum absolute atomic E-state index is 0.0933. The van der Waals surface area contributed by atoms with Crippen LogP contribution in [0.4, 0.5) is 5.95 Å². The summed E-state index contributed by atoms with van der Waals surface area (Å²) in [7, 11) is 1.66. The second-order valence-electron chi connectivity index (χ2n) is 5.51. The quantitative estimate of drug-likeness (QED) is 0.485. The Labute approximate surface area is 157 Å². The van der Waals surface area contributed by atoms with E-state index in [0.717, 1.165) is 47.4 Å². The summed E-state index contributed by atoms with van der Waals surface area (Å²) >= 11 is 4.88. The summed E-state index contributed by atoms with van der Waals surface area (Å²) in [5, 5.41) is 8.43. The molecule has 132 valence electrons. The minimum Gasteiger partial charge on any atom is -0.497 e. The van der Waals surface area contributed by atoms with Crippen LogP contribution in [0.3, 0.4) is 0 Å². The van der Waals surface area contributed by atoms with E-state index in [9.17, 15) is 4.79 Å². The van der Waals surface area contributed by atoms with E-state index in [2.05, 4.69) is 42.6 Å². The SMILES string of the molecule is COc1cc(Br)cc(CNCCCNc2nc3ccsc3c(=O)[nH]2)c1. The molecule has 0 fully saturated rings. The van der Waals surface area contributed by atoms with Crippen LogP contribution in [0, 0.1) is 0 Å². The highest BCUT2D eigenvalue weighted by Crippen LogP contribution is 2.21. The molecule has 0 saturated carbocycles. The predicted octanol–water partition coefficient (Wildman–Crippen LogP) is 3.35. The summed E-state index contributed by atoms with van der Waals surface area (Å²) in [6.07, 6.45) is 0.913. The van der Waals surface area contributed by atoms with Crippen molar-refractivity contribution in [2.24, 2.45) is 0 Å². The van der Waals surface area contributed by atoms with Gasteiger partial charge < -0.3 is 15.4 Å². The highest BCUT2D eigenvalue weighted by molar-refractivity contribution is 9.10. The highest BCUT2D eigenvalue weighted by Gasteiger charge is 2.04. The van der Waals surface area contributed by atoms with Crippen molar-refractivity contribution in [3.8, 4) is 5.75 Å². The summed E-state index contributed by atoms with van der Waals surface area (Å²) in [5.41, 5.74) is 1.80. The van der Waals surface area contributed by atoms with E-state index in [4.69, 9.17) is 4.74 Å². The Morgan fingerprint density at radius 3 is 3.04 bits per heavy atom. The first kappa shape index (κ1) is 17.9. The second-order valence-corrected chi connectivity index (χ2v) is 7.34. The van der Waals surface area contributed by atoms with Gasteiger partial charge in [0.25, 0.3) is 5.56 Å². The third-order valence-corrected chi connectivity index (χ3v) is 4.99. The van der Waals surface area contributed by atoms with Gasteiger partial charge in [-0.2, -0.15) is 0 Å². The Hall–Kier alpha value is -1.90. The van der Waals surface area contributed by atoms with E-state index in [1.54, 1.807) is 7.11 Å². The fourth-order valence-electron chi connectivity index (χ4n) is 2.45. The molecule has 0 aliphatic heterocycles. The normalized spacial score (nSPS) is 11.0. The van der Waals surface area contributed by atoms with E-state index in [1.165, 1.54) is 11.3 Å². The molecule has 8 heteroatoms. The van der Waals surface area contributed by atoms with Crippen molar-refractivity contribution < 1.29 is 4.74 Å². The summed E-state index contributed by atoms with van der Waals surface area (Å²) in [6.45, 7) is 2.35. The van der Waals surface area contributed by atoms with E-state index in [1.807, 2.05) is 23.6 Å². The number of anilines is 1. The van der Waals surface area contributed by atoms with Gasteiger partial charge in [-0.15, -0.1) is 11.3 Å². The molecule has 0 aliphatic rings. The molecule has 0 atom stereocenters. The van der Waals surface area contributed by atoms with Crippen LogP contribution < -0.4 is 20.9 Å². The third-order valence-electron chi connectivity index (χ3n) is 3.63. The van der Waals surface area contributed by atoms with Gasteiger partial charge in [0.15, 0.2) is 0 Å². The number of aromatic nitrogens is 2. The first-order chi connectivity index (χ1) is 12.2. The standard InChI is InChI=1S/C17H19BrN4O2S/c1-24-13-8-11(7-12(18)9-13)10-19-4-2-5-20-17-21-14-3-6-25-15(14)16(23)22-17/h3,6-9,19H,2,4-5,10H2,1H3,(H2,20,21,22,23). The number of fused-ring (bicyclic) bond motifs is 1. The van der Waals surface area contributed by atoms with Crippen molar-refractivity contribution in [1.82, 2.24) is 15.3 Å². The maximum Gasteiger partial charge on any atom is 0.270 e. The second kappa shape index (κ2) is 8.46. The van der Waals surface area contributed by atoms with Crippen molar-refractivity contribution in [2.45, 2.75) is 13.0 Å². The van der Waals surface area contributed by atoms with Gasteiger partial charge >= 0.3 is 0 Å². The smallest absolute Gasteiger partial charge is 0.270 e. The molecule has 3 N–H and O–H groups in total. The number of aromatic amines is 1. The van der Waals surface area contributed by atoms with E-state index in [-0.39, 0.29) is 5.56 Å². The van der Waals surface area contributed by atoms with Crippen LogP contribution in [0.1, 0.15) is 12.0 Å². The molecule has 0 saturated heterocycles. The van der Waals surface area contributed by atoms with Gasteiger partial charge in [0.2, 0.25) is 5.95 Å². The molecule has 6 nitrogen and oxygen atoms in total. The van der Waals surface area contributed by atoms with Crippen molar-refractivity contribution >= 4 is 43.4 Å². The molecular formula is C17H19BrN4O2S. The molecule has 3 aromatic rings. The lowest BCUT2D eigenvalue weighted by atomic mass is 10.2.